The molecule has 3 atom stereocenters. The minimum atomic E-state index is -4.63. The highest BCUT2D eigenvalue weighted by Gasteiger charge is 2.48. The molecule has 0 saturated heterocycles. The zero-order chi connectivity index (χ0) is 14.3. The Morgan fingerprint density at radius 3 is 2.60 bits per heavy atom. The summed E-state index contributed by atoms with van der Waals surface area (Å²) in [4.78, 5) is 0. The monoisotopic (exact) mass is 278 g/mol. The highest BCUT2D eigenvalue weighted by molar-refractivity contribution is 5.66. The predicted octanol–water partition coefficient (Wildman–Crippen LogP) is 3.83. The minimum Gasteiger partial charge on any atom is -0.383 e. The van der Waals surface area contributed by atoms with E-state index in [0.717, 1.165) is 11.1 Å². The van der Waals surface area contributed by atoms with Gasteiger partial charge in [-0.25, -0.2) is 0 Å². The molecule has 104 valence electrons. The number of aliphatic hydroxyl groups excluding tert-OH is 1. The molecule has 0 spiro atoms. The third-order valence-electron chi connectivity index (χ3n) is 3.84. The van der Waals surface area contributed by atoms with Crippen molar-refractivity contribution >= 4 is 6.08 Å². The van der Waals surface area contributed by atoms with Crippen molar-refractivity contribution < 1.29 is 18.3 Å². The highest BCUT2D eigenvalue weighted by atomic mass is 19.4. The topological polar surface area (TPSA) is 20.2 Å². The second-order valence-electron chi connectivity index (χ2n) is 5.06. The van der Waals surface area contributed by atoms with Gasteiger partial charge in [-0.2, -0.15) is 13.2 Å². The fourth-order valence-corrected chi connectivity index (χ4v) is 2.93. The van der Waals surface area contributed by atoms with Crippen LogP contribution < -0.4 is 0 Å². The fourth-order valence-electron chi connectivity index (χ4n) is 2.93. The van der Waals surface area contributed by atoms with Crippen LogP contribution in [0.25, 0.3) is 6.08 Å². The van der Waals surface area contributed by atoms with Crippen LogP contribution in [0.1, 0.15) is 17.0 Å². The summed E-state index contributed by atoms with van der Waals surface area (Å²) in [6, 6.07) is 6.93. The van der Waals surface area contributed by atoms with Crippen LogP contribution in [0.5, 0.6) is 0 Å². The maximum Gasteiger partial charge on any atom is 0.414 e. The molecule has 20 heavy (non-hydrogen) atoms. The lowest BCUT2D eigenvalue weighted by Gasteiger charge is -2.36. The average Bonchev–Trinajstić information content (AvgIpc) is 2.43. The fraction of sp³-hybridized carbons (Fsp3) is 0.250. The first-order chi connectivity index (χ1) is 9.48. The minimum absolute atomic E-state index is 0.438. The first-order valence-corrected chi connectivity index (χ1v) is 6.38. The SMILES string of the molecule is OC(C1c2ccccc2C=C2C=CC=CC21)C(F)(F)F. The van der Waals surface area contributed by atoms with E-state index in [2.05, 4.69) is 0 Å². The van der Waals surface area contributed by atoms with Crippen molar-refractivity contribution in [2.24, 2.45) is 5.92 Å². The molecule has 0 radical (unpaired) electrons. The van der Waals surface area contributed by atoms with Crippen LogP contribution in [0.2, 0.25) is 0 Å². The lowest BCUT2D eigenvalue weighted by Crippen LogP contribution is -2.39. The maximum atomic E-state index is 13.0. The van der Waals surface area contributed by atoms with Gasteiger partial charge in [0.2, 0.25) is 0 Å². The summed E-state index contributed by atoms with van der Waals surface area (Å²) in [7, 11) is 0. The van der Waals surface area contributed by atoms with E-state index >= 15 is 0 Å². The Morgan fingerprint density at radius 2 is 1.85 bits per heavy atom. The van der Waals surface area contributed by atoms with Gasteiger partial charge in [0.05, 0.1) is 0 Å². The summed E-state index contributed by atoms with van der Waals surface area (Å²) >= 11 is 0. The van der Waals surface area contributed by atoms with Gasteiger partial charge in [0, 0.05) is 11.8 Å². The van der Waals surface area contributed by atoms with E-state index in [0.29, 0.717) is 5.56 Å². The van der Waals surface area contributed by atoms with Crippen LogP contribution >= 0.6 is 0 Å². The zero-order valence-corrected chi connectivity index (χ0v) is 10.5. The van der Waals surface area contributed by atoms with Crippen molar-refractivity contribution in [1.82, 2.24) is 0 Å². The Hall–Kier alpha value is -1.81. The molecular weight excluding hydrogens is 265 g/mol. The highest BCUT2D eigenvalue weighted by Crippen LogP contribution is 2.46. The number of aliphatic hydroxyl groups is 1. The lowest BCUT2D eigenvalue weighted by atomic mass is 9.71. The molecule has 0 saturated carbocycles. The standard InChI is InChI=1S/C16H13F3O/c17-16(18,19)15(20)14-12-7-3-1-5-10(12)9-11-6-2-4-8-13(11)14/h1-9,12,14-15,20H. The molecule has 0 amide bonds. The Bertz CT molecular complexity index is 610. The predicted molar refractivity (Wildman–Crippen MR) is 71.0 cm³/mol. The third-order valence-corrected chi connectivity index (χ3v) is 3.84. The largest absolute Gasteiger partial charge is 0.414 e. The van der Waals surface area contributed by atoms with Gasteiger partial charge in [-0.3, -0.25) is 0 Å². The number of allylic oxidation sites excluding steroid dienone is 5. The Labute approximate surface area is 114 Å². The Kier molecular flexibility index (Phi) is 3.05. The number of alkyl halides is 3. The molecule has 1 aromatic rings. The van der Waals surface area contributed by atoms with E-state index < -0.39 is 24.1 Å². The molecule has 3 unspecified atom stereocenters. The quantitative estimate of drug-likeness (QED) is 0.827. The first kappa shape index (κ1) is 13.2. The van der Waals surface area contributed by atoms with Crippen LogP contribution in [0, 0.1) is 5.92 Å². The van der Waals surface area contributed by atoms with E-state index in [1.165, 1.54) is 0 Å². The number of fused-ring (bicyclic) bond motifs is 2. The van der Waals surface area contributed by atoms with E-state index in [4.69, 9.17) is 0 Å². The molecule has 3 rings (SSSR count). The van der Waals surface area contributed by atoms with Crippen molar-refractivity contribution in [3.8, 4) is 0 Å². The van der Waals surface area contributed by atoms with Crippen molar-refractivity contribution in [1.29, 1.82) is 0 Å². The van der Waals surface area contributed by atoms with Gasteiger partial charge in [-0.05, 0) is 16.7 Å². The summed E-state index contributed by atoms with van der Waals surface area (Å²) in [6.07, 6.45) is 1.94. The normalized spacial score (nSPS) is 25.7. The number of halogens is 3. The number of benzene rings is 1. The molecule has 1 aromatic carbocycles. The zero-order valence-electron chi connectivity index (χ0n) is 10.5. The van der Waals surface area contributed by atoms with E-state index in [9.17, 15) is 18.3 Å². The van der Waals surface area contributed by atoms with Gasteiger partial charge >= 0.3 is 6.18 Å². The molecule has 0 aliphatic heterocycles. The molecule has 0 bridgehead atoms. The van der Waals surface area contributed by atoms with Crippen LogP contribution in [0.3, 0.4) is 0 Å². The van der Waals surface area contributed by atoms with Gasteiger partial charge < -0.3 is 5.11 Å². The van der Waals surface area contributed by atoms with E-state index in [1.54, 1.807) is 48.6 Å². The van der Waals surface area contributed by atoms with E-state index in [-0.39, 0.29) is 0 Å². The molecule has 2 aliphatic carbocycles. The van der Waals surface area contributed by atoms with Crippen LogP contribution in [0.15, 0.2) is 54.1 Å². The van der Waals surface area contributed by atoms with Gasteiger partial charge in [-0.15, -0.1) is 0 Å². The molecule has 1 N–H and O–H groups in total. The third kappa shape index (κ3) is 2.10. The van der Waals surface area contributed by atoms with Gasteiger partial charge in [0.15, 0.2) is 6.10 Å². The van der Waals surface area contributed by atoms with Gasteiger partial charge in [-0.1, -0.05) is 54.6 Å². The lowest BCUT2D eigenvalue weighted by molar-refractivity contribution is -0.212. The van der Waals surface area contributed by atoms with E-state index in [1.807, 2.05) is 6.08 Å². The molecule has 0 fully saturated rings. The number of hydrogen-bond donors (Lipinski definition) is 1. The number of rotatable bonds is 1. The molecule has 0 aromatic heterocycles. The van der Waals surface area contributed by atoms with Crippen molar-refractivity contribution in [2.45, 2.75) is 18.2 Å². The summed E-state index contributed by atoms with van der Waals surface area (Å²) in [5, 5.41) is 9.79. The van der Waals surface area contributed by atoms with Crippen molar-refractivity contribution in [3.05, 3.63) is 65.3 Å². The number of hydrogen-bond acceptors (Lipinski definition) is 1. The molecule has 2 aliphatic rings. The van der Waals surface area contributed by atoms with Crippen LogP contribution in [0.4, 0.5) is 13.2 Å². The Morgan fingerprint density at radius 1 is 1.10 bits per heavy atom. The maximum absolute atomic E-state index is 13.0. The van der Waals surface area contributed by atoms with Crippen LogP contribution in [-0.2, 0) is 0 Å². The summed E-state index contributed by atoms with van der Waals surface area (Å²) < 4.78 is 38.9. The average molecular weight is 278 g/mol. The smallest absolute Gasteiger partial charge is 0.383 e. The first-order valence-electron chi connectivity index (χ1n) is 6.38. The summed E-state index contributed by atoms with van der Waals surface area (Å²) in [6.45, 7) is 0. The van der Waals surface area contributed by atoms with Crippen molar-refractivity contribution in [2.75, 3.05) is 0 Å². The molecule has 0 heterocycles. The molecular formula is C16H13F3O. The second-order valence-corrected chi connectivity index (χ2v) is 5.06. The second kappa shape index (κ2) is 4.63. The summed E-state index contributed by atoms with van der Waals surface area (Å²) in [5.74, 6) is -1.43. The Balaban J connectivity index is 2.14. The van der Waals surface area contributed by atoms with Gasteiger partial charge in [0.25, 0.3) is 0 Å². The van der Waals surface area contributed by atoms with Crippen molar-refractivity contribution in [3.63, 3.8) is 0 Å². The van der Waals surface area contributed by atoms with Gasteiger partial charge in [0.1, 0.15) is 0 Å². The van der Waals surface area contributed by atoms with Crippen LogP contribution in [-0.4, -0.2) is 17.4 Å². The molecule has 4 heteroatoms. The summed E-state index contributed by atoms with van der Waals surface area (Å²) in [5.41, 5.74) is 2.09. The molecule has 1 nitrogen and oxygen atoms in total.